The van der Waals surface area contributed by atoms with Gasteiger partial charge in [-0.3, -0.25) is 4.79 Å². The first-order chi connectivity index (χ1) is 19.8. The number of hydrogen-bond donors (Lipinski definition) is 2. The number of amides is 1. The van der Waals surface area contributed by atoms with Crippen LogP contribution < -0.4 is 14.8 Å². The number of halogens is 3. The van der Waals surface area contributed by atoms with Crippen molar-refractivity contribution in [3.63, 3.8) is 0 Å². The Hall–Kier alpha value is -3.34. The summed E-state index contributed by atoms with van der Waals surface area (Å²) in [5.74, 6) is -1.84. The molecular formula is C31H40F3N3O5. The molecule has 1 aromatic heterocycles. The van der Waals surface area contributed by atoms with Crippen LogP contribution in [0, 0.1) is 17.3 Å². The highest BCUT2D eigenvalue weighted by atomic mass is 19.4. The van der Waals surface area contributed by atoms with E-state index >= 15 is 0 Å². The summed E-state index contributed by atoms with van der Waals surface area (Å²) in [6, 6.07) is 4.30. The maximum atomic E-state index is 14.3. The Bertz CT molecular complexity index is 1270. The van der Waals surface area contributed by atoms with Crippen LogP contribution in [0.3, 0.4) is 0 Å². The first-order valence-corrected chi connectivity index (χ1v) is 14.3. The molecule has 0 bridgehead atoms. The number of hydrogen-bond acceptors (Lipinski definition) is 6. The number of aliphatic carboxylic acids is 1. The lowest BCUT2D eigenvalue weighted by molar-refractivity contribution is -0.154. The van der Waals surface area contributed by atoms with E-state index in [9.17, 15) is 27.9 Å². The second-order valence-corrected chi connectivity index (χ2v) is 12.2. The fourth-order valence-electron chi connectivity index (χ4n) is 6.71. The van der Waals surface area contributed by atoms with E-state index in [1.165, 1.54) is 25.2 Å². The van der Waals surface area contributed by atoms with E-state index in [-0.39, 0.29) is 30.0 Å². The highest BCUT2D eigenvalue weighted by Crippen LogP contribution is 2.50. The lowest BCUT2D eigenvalue weighted by Gasteiger charge is -2.36. The molecule has 8 nitrogen and oxygen atoms in total. The molecule has 2 N–H and O–H groups in total. The first kappa shape index (κ1) is 31.6. The van der Waals surface area contributed by atoms with Gasteiger partial charge >= 0.3 is 12.1 Å². The zero-order valence-electron chi connectivity index (χ0n) is 24.7. The van der Waals surface area contributed by atoms with Crippen LogP contribution in [0.1, 0.15) is 75.6 Å². The SMILES string of the molecule is COc1cc(C(F)(F)F)ccc1CN[C@H]1[C@H](C(C)(C)C)[C@@H](C(=O)O)N(C(=O)C2CCCCC2)[C@H]1c1cccnc1OC. The quantitative estimate of drug-likeness (QED) is 0.397. The van der Waals surface area contributed by atoms with Gasteiger partial charge in [0.25, 0.3) is 0 Å². The van der Waals surface area contributed by atoms with Crippen LogP contribution in [0.2, 0.25) is 0 Å². The number of carbonyl (C=O) groups is 2. The zero-order valence-corrected chi connectivity index (χ0v) is 24.7. The number of pyridine rings is 1. The molecule has 0 radical (unpaired) electrons. The average Bonchev–Trinajstić information content (AvgIpc) is 3.31. The number of carboxylic acid groups (broad SMARTS) is 1. The van der Waals surface area contributed by atoms with Gasteiger partial charge in [-0.1, -0.05) is 46.1 Å². The minimum Gasteiger partial charge on any atom is -0.496 e. The molecule has 42 heavy (non-hydrogen) atoms. The van der Waals surface area contributed by atoms with Gasteiger partial charge in [0.2, 0.25) is 11.8 Å². The van der Waals surface area contributed by atoms with Crippen molar-refractivity contribution in [1.82, 2.24) is 15.2 Å². The van der Waals surface area contributed by atoms with Crippen LogP contribution in [0.5, 0.6) is 11.6 Å². The Kier molecular flexibility index (Phi) is 9.39. The maximum Gasteiger partial charge on any atom is 0.416 e. The van der Waals surface area contributed by atoms with Crippen molar-refractivity contribution in [3.8, 4) is 11.6 Å². The second kappa shape index (κ2) is 12.5. The fourth-order valence-corrected chi connectivity index (χ4v) is 6.71. The third-order valence-corrected chi connectivity index (χ3v) is 8.58. The van der Waals surface area contributed by atoms with Crippen molar-refractivity contribution in [3.05, 3.63) is 53.2 Å². The molecule has 0 unspecified atom stereocenters. The van der Waals surface area contributed by atoms with Crippen molar-refractivity contribution < 1.29 is 37.3 Å². The molecule has 2 heterocycles. The Morgan fingerprint density at radius 3 is 2.33 bits per heavy atom. The number of benzene rings is 1. The molecule has 4 atom stereocenters. The van der Waals surface area contributed by atoms with Gasteiger partial charge in [0.05, 0.1) is 25.8 Å². The van der Waals surface area contributed by atoms with Gasteiger partial charge in [-0.2, -0.15) is 13.2 Å². The van der Waals surface area contributed by atoms with Crippen molar-refractivity contribution in [1.29, 1.82) is 0 Å². The molecule has 2 fully saturated rings. The number of alkyl halides is 3. The number of nitrogens with zero attached hydrogens (tertiary/aromatic N) is 2. The Morgan fingerprint density at radius 2 is 1.76 bits per heavy atom. The third-order valence-electron chi connectivity index (χ3n) is 8.58. The van der Waals surface area contributed by atoms with Gasteiger partial charge in [-0.25, -0.2) is 9.78 Å². The monoisotopic (exact) mass is 591 g/mol. The number of carboxylic acids is 1. The molecule has 1 aliphatic heterocycles. The van der Waals surface area contributed by atoms with Gasteiger partial charge in [0.1, 0.15) is 11.8 Å². The van der Waals surface area contributed by atoms with Crippen LogP contribution in [0.25, 0.3) is 0 Å². The molecule has 2 aliphatic rings. The minimum absolute atomic E-state index is 0.0584. The third kappa shape index (κ3) is 6.35. The van der Waals surface area contributed by atoms with Crippen molar-refractivity contribution in [2.75, 3.05) is 14.2 Å². The summed E-state index contributed by atoms with van der Waals surface area (Å²) in [4.78, 5) is 33.2. The summed E-state index contributed by atoms with van der Waals surface area (Å²) in [6.07, 6.45) is 1.27. The van der Waals surface area contributed by atoms with E-state index in [4.69, 9.17) is 9.47 Å². The van der Waals surface area contributed by atoms with Gasteiger partial charge in [-0.05, 0) is 42.5 Å². The summed E-state index contributed by atoms with van der Waals surface area (Å²) in [7, 11) is 2.78. The van der Waals surface area contributed by atoms with Crippen LogP contribution >= 0.6 is 0 Å². The number of carbonyl (C=O) groups excluding carboxylic acids is 1. The van der Waals surface area contributed by atoms with Crippen LogP contribution in [0.4, 0.5) is 13.2 Å². The first-order valence-electron chi connectivity index (χ1n) is 14.3. The lowest BCUT2D eigenvalue weighted by Crippen LogP contribution is -2.49. The predicted molar refractivity (Wildman–Crippen MR) is 150 cm³/mol. The Morgan fingerprint density at radius 1 is 1.07 bits per heavy atom. The number of likely N-dealkylation sites (tertiary alicyclic amines) is 1. The van der Waals surface area contributed by atoms with Gasteiger partial charge < -0.3 is 24.8 Å². The number of nitrogens with one attached hydrogen (secondary N) is 1. The maximum absolute atomic E-state index is 14.3. The highest BCUT2D eigenvalue weighted by Gasteiger charge is 2.59. The van der Waals surface area contributed by atoms with Gasteiger partial charge in [0.15, 0.2) is 0 Å². The van der Waals surface area contributed by atoms with Crippen molar-refractivity contribution in [2.45, 2.75) is 83.7 Å². The molecule has 1 saturated carbocycles. The zero-order chi connectivity index (χ0) is 30.8. The summed E-state index contributed by atoms with van der Waals surface area (Å²) in [5, 5.41) is 14.1. The van der Waals surface area contributed by atoms with Crippen LogP contribution in [-0.2, 0) is 22.3 Å². The summed E-state index contributed by atoms with van der Waals surface area (Å²) in [5.41, 5.74) is -0.372. The average molecular weight is 592 g/mol. The minimum atomic E-state index is -4.53. The molecule has 1 aliphatic carbocycles. The summed E-state index contributed by atoms with van der Waals surface area (Å²) < 4.78 is 51.0. The van der Waals surface area contributed by atoms with Gasteiger partial charge in [0, 0.05) is 41.7 Å². The standard InChI is InChI=1S/C31H40F3N3O5/c1-30(2,3)23-24(36-17-19-13-14-20(31(32,33)34)16-22(19)41-4)25(21-12-9-15-35-27(21)42-5)37(26(23)29(39)40)28(38)18-10-7-6-8-11-18/h9,12-16,18,23-26,36H,6-8,10-11,17H2,1-5H3,(H,39,40)/t23-,24-,25-,26-/m0/s1. The van der Waals surface area contributed by atoms with E-state index in [1.807, 2.05) is 20.8 Å². The van der Waals surface area contributed by atoms with E-state index in [0.717, 1.165) is 31.4 Å². The molecule has 1 aromatic carbocycles. The fraction of sp³-hybridized carbons (Fsp3) is 0.581. The molecule has 0 spiro atoms. The smallest absolute Gasteiger partial charge is 0.416 e. The molecule has 4 rings (SSSR count). The lowest BCUT2D eigenvalue weighted by atomic mass is 9.72. The van der Waals surface area contributed by atoms with E-state index in [2.05, 4.69) is 10.3 Å². The molecular weight excluding hydrogens is 551 g/mol. The molecule has 1 saturated heterocycles. The normalized spacial score (nSPS) is 23.6. The van der Waals surface area contributed by atoms with E-state index in [1.54, 1.807) is 18.3 Å². The number of methoxy groups -OCH3 is 2. The predicted octanol–water partition coefficient (Wildman–Crippen LogP) is 5.86. The molecule has 230 valence electrons. The van der Waals surface area contributed by atoms with Crippen LogP contribution in [-0.4, -0.2) is 53.2 Å². The Labute approximate surface area is 244 Å². The number of aromatic nitrogens is 1. The van der Waals surface area contributed by atoms with Crippen molar-refractivity contribution >= 4 is 11.9 Å². The van der Waals surface area contributed by atoms with E-state index in [0.29, 0.717) is 24.0 Å². The molecule has 2 aromatic rings. The summed E-state index contributed by atoms with van der Waals surface area (Å²) in [6.45, 7) is 5.89. The number of ether oxygens (including phenoxy) is 2. The second-order valence-electron chi connectivity index (χ2n) is 12.2. The highest BCUT2D eigenvalue weighted by molar-refractivity contribution is 5.87. The summed E-state index contributed by atoms with van der Waals surface area (Å²) >= 11 is 0. The molecule has 1 amide bonds. The topological polar surface area (TPSA) is 101 Å². The molecule has 11 heteroatoms. The Balaban J connectivity index is 1.84. The largest absolute Gasteiger partial charge is 0.496 e. The van der Waals surface area contributed by atoms with Crippen molar-refractivity contribution in [2.24, 2.45) is 17.3 Å². The van der Waals surface area contributed by atoms with Gasteiger partial charge in [-0.15, -0.1) is 0 Å². The van der Waals surface area contributed by atoms with E-state index < -0.39 is 47.2 Å². The van der Waals surface area contributed by atoms with Crippen LogP contribution in [0.15, 0.2) is 36.5 Å². The number of rotatable bonds is 8.